The Bertz CT molecular complexity index is 830. The number of carbonyl (C=O) groups is 1. The zero-order valence-electron chi connectivity index (χ0n) is 14.8. The van der Waals surface area contributed by atoms with E-state index >= 15 is 0 Å². The number of halogens is 2. The smallest absolute Gasteiger partial charge is 0.166 e. The first-order valence-electron chi connectivity index (χ1n) is 7.95. The fraction of sp³-hybridized carbons (Fsp3) is 0.389. The molecule has 5 nitrogen and oxygen atoms in total. The highest BCUT2D eigenvalue weighted by molar-refractivity contribution is 7.84. The highest BCUT2D eigenvalue weighted by Gasteiger charge is 2.40. The molecule has 1 heterocycles. The predicted octanol–water partition coefficient (Wildman–Crippen LogP) is 3.08. The molecule has 2 N–H and O–H groups in total. The summed E-state index contributed by atoms with van der Waals surface area (Å²) in [6.07, 6.45) is 4.12. The summed E-state index contributed by atoms with van der Waals surface area (Å²) < 4.78 is 38.8. The molecule has 8 heteroatoms. The number of rotatable bonds is 7. The van der Waals surface area contributed by atoms with Crippen LogP contribution in [0.1, 0.15) is 49.5 Å². The Kier molecular flexibility index (Phi) is 5.98. The molecule has 1 unspecified atom stereocenters. The minimum atomic E-state index is -1.70. The second-order valence-electron chi connectivity index (χ2n) is 7.15. The number of hydrogen-bond acceptors (Lipinski definition) is 4. The predicted molar refractivity (Wildman–Crippen MR) is 95.7 cm³/mol. The van der Waals surface area contributed by atoms with E-state index in [-0.39, 0.29) is 29.8 Å². The van der Waals surface area contributed by atoms with Crippen LogP contribution < -0.4 is 5.14 Å². The van der Waals surface area contributed by atoms with E-state index in [0.717, 1.165) is 12.1 Å². The molecule has 0 saturated heterocycles. The molecular formula is C18H21F2N3O2S. The minimum absolute atomic E-state index is 0.0937. The molecule has 0 fully saturated rings. The summed E-state index contributed by atoms with van der Waals surface area (Å²) in [5.74, 6) is -1.77. The molecule has 0 aliphatic carbocycles. The number of nitrogens with zero attached hydrogens (tertiary/aromatic N) is 2. The lowest BCUT2D eigenvalue weighted by atomic mass is 9.71. The highest BCUT2D eigenvalue weighted by atomic mass is 32.2. The van der Waals surface area contributed by atoms with Crippen LogP contribution in [0, 0.1) is 11.6 Å². The van der Waals surface area contributed by atoms with E-state index in [1.54, 1.807) is 20.8 Å². The summed E-state index contributed by atoms with van der Waals surface area (Å²) >= 11 is 0. The first kappa shape index (κ1) is 20.3. The third-order valence-corrected chi connectivity index (χ3v) is 5.61. The van der Waals surface area contributed by atoms with Crippen molar-refractivity contribution in [2.75, 3.05) is 0 Å². The van der Waals surface area contributed by atoms with Crippen molar-refractivity contribution >= 4 is 16.8 Å². The minimum Gasteiger partial charge on any atom is -0.294 e. The Hall–Kier alpha value is -2.06. The molecule has 26 heavy (non-hydrogen) atoms. The molecular weight excluding hydrogens is 360 g/mol. The Morgan fingerprint density at radius 3 is 2.35 bits per heavy atom. The van der Waals surface area contributed by atoms with E-state index in [0.29, 0.717) is 0 Å². The van der Waals surface area contributed by atoms with Gasteiger partial charge in [-0.2, -0.15) is 0 Å². The van der Waals surface area contributed by atoms with Crippen LogP contribution in [0.5, 0.6) is 0 Å². The maximum atomic E-state index is 14.5. The zero-order chi connectivity index (χ0) is 19.5. The van der Waals surface area contributed by atoms with E-state index in [1.165, 1.54) is 24.8 Å². The summed E-state index contributed by atoms with van der Waals surface area (Å²) in [6, 6.07) is 3.23. The summed E-state index contributed by atoms with van der Waals surface area (Å²) in [5.41, 5.74) is -0.598. The second-order valence-corrected chi connectivity index (χ2v) is 8.85. The maximum Gasteiger partial charge on any atom is 0.166 e. The average molecular weight is 381 g/mol. The van der Waals surface area contributed by atoms with Gasteiger partial charge in [0.15, 0.2) is 5.78 Å². The SMILES string of the molecule is CC(C)(C[C@](C)(CC(=O)c1cncnc1)c1ccc(F)cc1F)S(N)=O. The third kappa shape index (κ3) is 4.56. The monoisotopic (exact) mass is 381 g/mol. The summed E-state index contributed by atoms with van der Waals surface area (Å²) in [7, 11) is -1.70. The van der Waals surface area contributed by atoms with E-state index in [9.17, 15) is 17.8 Å². The van der Waals surface area contributed by atoms with Crippen LogP contribution in [-0.2, 0) is 16.4 Å². The standard InChI is InChI=1S/C18H21F2N3O2S/c1-17(2,26(21)25)10-18(3,14-5-4-13(19)6-15(14)20)7-16(24)12-8-22-11-23-9-12/h4-6,8-9,11H,7,10,21H2,1-3H3/t18-,26?/m0/s1. The van der Waals surface area contributed by atoms with Gasteiger partial charge in [-0.25, -0.2) is 23.0 Å². The van der Waals surface area contributed by atoms with Gasteiger partial charge in [0, 0.05) is 30.3 Å². The van der Waals surface area contributed by atoms with Crippen LogP contribution in [0.3, 0.4) is 0 Å². The lowest BCUT2D eigenvalue weighted by Crippen LogP contribution is -2.41. The molecule has 0 spiro atoms. The van der Waals surface area contributed by atoms with Crippen molar-refractivity contribution in [3.05, 3.63) is 59.7 Å². The first-order valence-corrected chi connectivity index (χ1v) is 9.16. The third-order valence-electron chi connectivity index (χ3n) is 4.38. The van der Waals surface area contributed by atoms with Crippen molar-refractivity contribution in [1.82, 2.24) is 9.97 Å². The Morgan fingerprint density at radius 2 is 1.81 bits per heavy atom. The van der Waals surface area contributed by atoms with Gasteiger partial charge in [-0.3, -0.25) is 9.93 Å². The van der Waals surface area contributed by atoms with Crippen molar-refractivity contribution in [2.24, 2.45) is 5.14 Å². The van der Waals surface area contributed by atoms with E-state index < -0.39 is 32.8 Å². The number of ketones is 1. The molecule has 1 aromatic heterocycles. The normalized spacial score (nSPS) is 15.3. The Labute approximate surface area is 153 Å². The van der Waals surface area contributed by atoms with E-state index in [1.807, 2.05) is 0 Å². The molecule has 2 rings (SSSR count). The molecule has 140 valence electrons. The molecule has 2 atom stereocenters. The van der Waals surface area contributed by atoms with E-state index in [2.05, 4.69) is 9.97 Å². The quantitative estimate of drug-likeness (QED) is 0.747. The largest absolute Gasteiger partial charge is 0.294 e. The molecule has 0 radical (unpaired) electrons. The van der Waals surface area contributed by atoms with Crippen LogP contribution in [0.15, 0.2) is 36.9 Å². The van der Waals surface area contributed by atoms with Gasteiger partial charge in [-0.1, -0.05) is 13.0 Å². The highest BCUT2D eigenvalue weighted by Crippen LogP contribution is 2.39. The molecule has 0 aliphatic rings. The van der Waals surface area contributed by atoms with Gasteiger partial charge in [-0.05, 0) is 31.9 Å². The van der Waals surface area contributed by atoms with Gasteiger partial charge in [-0.15, -0.1) is 0 Å². The summed E-state index contributed by atoms with van der Waals surface area (Å²) in [6.45, 7) is 5.04. The zero-order valence-corrected chi connectivity index (χ0v) is 15.6. The van der Waals surface area contributed by atoms with Crippen molar-refractivity contribution in [3.63, 3.8) is 0 Å². The van der Waals surface area contributed by atoms with Gasteiger partial charge < -0.3 is 0 Å². The average Bonchev–Trinajstić information content (AvgIpc) is 2.54. The van der Waals surface area contributed by atoms with E-state index in [4.69, 9.17) is 5.14 Å². The number of Topliss-reactive ketones (excluding diaryl/α,β-unsaturated/α-hetero) is 1. The topological polar surface area (TPSA) is 85.9 Å². The lowest BCUT2D eigenvalue weighted by Gasteiger charge is -2.36. The maximum absolute atomic E-state index is 14.5. The molecule has 1 aromatic carbocycles. The van der Waals surface area contributed by atoms with Gasteiger partial charge in [0.1, 0.15) is 18.0 Å². The van der Waals surface area contributed by atoms with Crippen molar-refractivity contribution in [1.29, 1.82) is 0 Å². The second kappa shape index (κ2) is 7.67. The van der Waals surface area contributed by atoms with Gasteiger partial charge in [0.25, 0.3) is 0 Å². The molecule has 0 aliphatic heterocycles. The number of hydrogen-bond donors (Lipinski definition) is 1. The van der Waals surface area contributed by atoms with Crippen LogP contribution in [-0.4, -0.2) is 24.7 Å². The number of nitrogens with two attached hydrogens (primary N) is 1. The summed E-state index contributed by atoms with van der Waals surface area (Å²) in [5, 5.41) is 5.57. The fourth-order valence-electron chi connectivity index (χ4n) is 3.14. The number of carbonyl (C=O) groups excluding carboxylic acids is 1. The van der Waals surface area contributed by atoms with Gasteiger partial charge in [0.05, 0.1) is 21.3 Å². The Balaban J connectivity index is 2.47. The van der Waals surface area contributed by atoms with Crippen molar-refractivity contribution < 1.29 is 17.8 Å². The molecule has 0 amide bonds. The first-order chi connectivity index (χ1) is 12.0. The van der Waals surface area contributed by atoms with Gasteiger partial charge >= 0.3 is 0 Å². The fourth-order valence-corrected chi connectivity index (χ4v) is 3.60. The van der Waals surface area contributed by atoms with Crippen LogP contribution in [0.2, 0.25) is 0 Å². The number of aromatic nitrogens is 2. The molecule has 0 bridgehead atoms. The summed E-state index contributed by atoms with van der Waals surface area (Å²) in [4.78, 5) is 20.3. The van der Waals surface area contributed by atoms with Crippen LogP contribution >= 0.6 is 0 Å². The van der Waals surface area contributed by atoms with Crippen LogP contribution in [0.25, 0.3) is 0 Å². The van der Waals surface area contributed by atoms with Crippen LogP contribution in [0.4, 0.5) is 8.78 Å². The molecule has 2 aromatic rings. The van der Waals surface area contributed by atoms with Gasteiger partial charge in [0.2, 0.25) is 0 Å². The lowest BCUT2D eigenvalue weighted by molar-refractivity contribution is 0.0946. The van der Waals surface area contributed by atoms with Crippen molar-refractivity contribution in [3.8, 4) is 0 Å². The molecule has 0 saturated carbocycles. The van der Waals surface area contributed by atoms with Crippen molar-refractivity contribution in [2.45, 2.75) is 43.8 Å². The number of benzene rings is 1. The Morgan fingerprint density at radius 1 is 1.19 bits per heavy atom.